The van der Waals surface area contributed by atoms with E-state index in [1.165, 1.54) is 184 Å². The molecule has 0 N–H and O–H groups in total. The van der Waals surface area contributed by atoms with E-state index in [0.717, 1.165) is 121 Å². The van der Waals surface area contributed by atoms with E-state index >= 15 is 0 Å². The van der Waals surface area contributed by atoms with E-state index in [0.29, 0.717) is 63.2 Å². The van der Waals surface area contributed by atoms with Crippen LogP contribution in [0.25, 0.3) is 83.5 Å². The molecule has 13 heterocycles. The van der Waals surface area contributed by atoms with Gasteiger partial charge in [-0.15, -0.1) is 0 Å². The predicted octanol–water partition coefficient (Wildman–Crippen LogP) is 15.2. The summed E-state index contributed by atoms with van der Waals surface area (Å²) < 4.78 is 35.7. The number of carbonyl (C=O) groups excluding carboxylic acids is 2. The molecule has 10 aromatic heterocycles. The molecule has 3 saturated heterocycles. The molecule has 125 heavy (non-hydrogen) atoms. The van der Waals surface area contributed by atoms with Gasteiger partial charge >= 0.3 is 6.03 Å². The van der Waals surface area contributed by atoms with Gasteiger partial charge in [-0.3, -0.25) is 48.4 Å². The fourth-order valence-corrected chi connectivity index (χ4v) is 24.1. The molecule has 0 aromatic carbocycles. The SMILES string of the molecule is CC1CN(C(=O)C(C(C)C)n2ncc3c2CC2=CCc4nccc-3c42)C1.CCS(=O)(=O)N1CC(CC#N)(n2ncc3c2CC2=CCc4nccc-3c42)C1.Cc1cnc2c3c1-c1cnn(C(CC#N)C4CCCC4)c1CC3=CC2.N#CC1CN(C(=O)n2ncc3c2CC2=CCc4nccc-3c42)C1.N#CCC(C1CCCC1)n1ncc2c1CC1=CCc3nccc-2c31. The molecular weight excluding hydrogens is 1580 g/mol. The highest BCUT2D eigenvalue weighted by atomic mass is 32.2. The topological polar surface area (TPSA) is 327 Å². The van der Waals surface area contributed by atoms with E-state index in [4.69, 9.17) is 20.6 Å². The maximum absolute atomic E-state index is 13.1. The van der Waals surface area contributed by atoms with Crippen LogP contribution >= 0.6 is 0 Å². The number of hydrogen-bond donors (Lipinski definition) is 0. The number of fused-ring (bicyclic) bond motifs is 10. The Labute approximate surface area is 727 Å². The normalized spacial score (nSPS) is 19.1. The lowest BCUT2D eigenvalue weighted by Crippen LogP contribution is -2.64. The number of rotatable bonds is 13. The second kappa shape index (κ2) is 31.5. The van der Waals surface area contributed by atoms with Gasteiger partial charge < -0.3 is 9.80 Å². The minimum Gasteiger partial charge on any atom is -0.340 e. The Kier molecular flexibility index (Phi) is 20.0. The van der Waals surface area contributed by atoms with Crippen LogP contribution in [0, 0.1) is 81.8 Å². The number of nitrogens with zero attached hydrogens (tertiary/aromatic N) is 22. The lowest BCUT2D eigenvalue weighted by molar-refractivity contribution is -0.142. The molecule has 3 atom stereocenters. The number of amides is 2. The van der Waals surface area contributed by atoms with Gasteiger partial charge in [0.15, 0.2) is 0 Å². The van der Waals surface area contributed by atoms with Gasteiger partial charge in [0.2, 0.25) is 15.9 Å². The van der Waals surface area contributed by atoms with Crippen LogP contribution in [-0.2, 0) is 84.6 Å². The second-order valence-electron chi connectivity index (χ2n) is 36.8. The van der Waals surface area contributed by atoms with Crippen LogP contribution in [0.1, 0.15) is 207 Å². The first-order valence-electron chi connectivity index (χ1n) is 44.7. The number of nitriles is 4. The molecule has 12 aliphatic carbocycles. The third-order valence-electron chi connectivity index (χ3n) is 29.1. The number of carbonyl (C=O) groups is 2. The molecule has 0 bridgehead atoms. The predicted molar refractivity (Wildman–Crippen MR) is 472 cm³/mol. The molecule has 27 heteroatoms. The molecule has 630 valence electrons. The summed E-state index contributed by atoms with van der Waals surface area (Å²) in [5, 5.41) is 60.3. The molecular formula is C98H98N22O4S. The van der Waals surface area contributed by atoms with Crippen molar-refractivity contribution in [2.24, 2.45) is 29.6 Å². The zero-order valence-electron chi connectivity index (χ0n) is 71.3. The Hall–Kier alpha value is -12.7. The molecule has 3 aliphatic heterocycles. The van der Waals surface area contributed by atoms with Gasteiger partial charge in [-0.25, -0.2) is 13.2 Å². The van der Waals surface area contributed by atoms with Crippen molar-refractivity contribution in [2.45, 2.75) is 193 Å². The first-order chi connectivity index (χ1) is 60.9. The van der Waals surface area contributed by atoms with Crippen molar-refractivity contribution in [1.82, 2.24) is 87.9 Å². The Balaban J connectivity index is 0.0000000957. The summed E-state index contributed by atoms with van der Waals surface area (Å²) in [6, 6.07) is 17.6. The van der Waals surface area contributed by atoms with Gasteiger partial charge in [0.1, 0.15) is 11.6 Å². The Morgan fingerprint density at radius 1 is 0.480 bits per heavy atom. The molecule has 5 fully saturated rings. The van der Waals surface area contributed by atoms with E-state index in [9.17, 15) is 33.8 Å². The van der Waals surface area contributed by atoms with Crippen molar-refractivity contribution in [2.75, 3.05) is 45.0 Å². The monoisotopic (exact) mass is 1680 g/mol. The minimum absolute atomic E-state index is 0.0442. The smallest absolute Gasteiger partial charge is 0.340 e. The van der Waals surface area contributed by atoms with Crippen LogP contribution in [0.4, 0.5) is 4.79 Å². The average molecular weight is 1680 g/mol. The molecule has 25 rings (SSSR count). The van der Waals surface area contributed by atoms with Crippen molar-refractivity contribution < 1.29 is 18.0 Å². The lowest BCUT2D eigenvalue weighted by Gasteiger charge is -2.48. The number of likely N-dealkylation sites (tertiary alicyclic amines) is 2. The van der Waals surface area contributed by atoms with E-state index in [-0.39, 0.29) is 54.1 Å². The number of aromatic nitrogens is 15. The van der Waals surface area contributed by atoms with Crippen molar-refractivity contribution >= 4 is 49.8 Å². The molecule has 3 unspecified atom stereocenters. The molecule has 2 saturated carbocycles. The fraction of sp³-hybridized carbons (Fsp3) is 0.429. The summed E-state index contributed by atoms with van der Waals surface area (Å²) >= 11 is 0. The van der Waals surface area contributed by atoms with Gasteiger partial charge in [-0.1, -0.05) is 76.8 Å². The molecule has 26 nitrogen and oxygen atoms in total. The van der Waals surface area contributed by atoms with E-state index < -0.39 is 15.6 Å². The van der Waals surface area contributed by atoms with Gasteiger partial charge in [-0.05, 0) is 149 Å². The first-order valence-corrected chi connectivity index (χ1v) is 46.3. The van der Waals surface area contributed by atoms with Crippen LogP contribution in [-0.4, -0.2) is 153 Å². The van der Waals surface area contributed by atoms with Crippen molar-refractivity contribution in [3.63, 3.8) is 0 Å². The highest BCUT2D eigenvalue weighted by Crippen LogP contribution is 2.53. The van der Waals surface area contributed by atoms with Gasteiger partial charge in [0, 0.05) is 190 Å². The zero-order chi connectivity index (χ0) is 85.4. The van der Waals surface area contributed by atoms with Gasteiger partial charge in [0.05, 0.1) is 155 Å². The number of pyridine rings is 5. The van der Waals surface area contributed by atoms with Crippen molar-refractivity contribution in [3.05, 3.63) is 207 Å². The van der Waals surface area contributed by atoms with Crippen LogP contribution in [0.2, 0.25) is 0 Å². The minimum atomic E-state index is -3.26. The standard InChI is InChI=1S/C21H24N4O.C21H22N4.C20H20N4.C19H19N5O2S.C17H13N5O/c1-12(2)20(21(26)24-10-13(3)11-24)25-18-8-14-4-5-17-19(14)15(6-7-22-17)16(18)9-23-25;1-13-11-23-17-7-6-15-10-19-16(20(13)21(15)17)12-24-25(19)18(8-9-22)14-4-2-3-5-14;21-9-7-18(13-3-1-2-4-13)24-19-11-14-5-6-17-20(14)15(8-10-22-17)16(19)12-23-24;1-2-27(25,26)23-11-19(12-23,6-7-20)24-17-9-13-3-4-16-18(13)14(5-8-21-16)15(17)10-22-24;18-6-10-8-21(9-10)17(23)22-15-5-11-1-2-14-16(11)12(3-4-19-14)13(15)7-20-22/h4,6-7,9,12-13,20H,5,8,10-11H2,1-3H3;6,11-12,14,18H,2-5,7-8,10H2,1H3;5,8,10,12-13,18H,1-4,6-7,11H2;3,5,8,10H,2,4,6,9,11-12H2,1H3;1,3-4,7,10H,2,5,8-9H2. The third kappa shape index (κ3) is 13.2. The average Bonchev–Trinajstić information content (AvgIpc) is 1.68. The molecule has 15 aliphatic rings. The van der Waals surface area contributed by atoms with E-state index in [1.807, 2.05) is 82.2 Å². The molecule has 0 spiro atoms. The molecule has 10 aromatic rings. The van der Waals surface area contributed by atoms with E-state index in [1.54, 1.807) is 18.0 Å². The number of sulfonamides is 1. The van der Waals surface area contributed by atoms with Crippen LogP contribution in [0.3, 0.4) is 0 Å². The van der Waals surface area contributed by atoms with Gasteiger partial charge in [-0.2, -0.15) is 55.5 Å². The van der Waals surface area contributed by atoms with Crippen LogP contribution in [0.5, 0.6) is 0 Å². The lowest BCUT2D eigenvalue weighted by atomic mass is 9.85. The number of aryl methyl sites for hydroxylation is 1. The maximum atomic E-state index is 13.1. The summed E-state index contributed by atoms with van der Waals surface area (Å²) in [4.78, 5) is 52.1. The van der Waals surface area contributed by atoms with Crippen LogP contribution in [0.15, 0.2) is 117 Å². The van der Waals surface area contributed by atoms with E-state index in [2.05, 4.69) is 139 Å². The second-order valence-corrected chi connectivity index (χ2v) is 39.1. The van der Waals surface area contributed by atoms with Crippen molar-refractivity contribution in [1.29, 1.82) is 21.0 Å². The Morgan fingerprint density at radius 3 is 1.36 bits per heavy atom. The Morgan fingerprint density at radius 2 is 0.896 bits per heavy atom. The first kappa shape index (κ1) is 79.5. The van der Waals surface area contributed by atoms with Crippen molar-refractivity contribution in [3.8, 4) is 79.9 Å². The largest absolute Gasteiger partial charge is 0.345 e. The third-order valence-corrected chi connectivity index (χ3v) is 30.9. The fourth-order valence-electron chi connectivity index (χ4n) is 22.9. The summed E-state index contributed by atoms with van der Waals surface area (Å²) in [7, 11) is -3.26. The number of hydrogen-bond acceptors (Lipinski definition) is 18. The van der Waals surface area contributed by atoms with Gasteiger partial charge in [0.25, 0.3) is 0 Å². The highest BCUT2D eigenvalue weighted by molar-refractivity contribution is 7.89. The summed E-state index contributed by atoms with van der Waals surface area (Å²) in [6.45, 7) is 13.6. The maximum Gasteiger partial charge on any atom is 0.345 e. The van der Waals surface area contributed by atoms with Crippen LogP contribution < -0.4 is 0 Å². The highest BCUT2D eigenvalue weighted by Gasteiger charge is 2.52. The quantitative estimate of drug-likeness (QED) is 0.103. The summed E-state index contributed by atoms with van der Waals surface area (Å²) in [5.74, 6) is 2.25. The molecule has 2 amide bonds. The number of allylic oxidation sites excluding steroid dienone is 10. The Bertz CT molecular complexity index is 6630. The molecule has 0 radical (unpaired) electrons. The summed E-state index contributed by atoms with van der Waals surface area (Å²) in [6.07, 6.45) is 50.5. The summed E-state index contributed by atoms with van der Waals surface area (Å²) in [5.41, 5.74) is 37.1. The zero-order valence-corrected chi connectivity index (χ0v) is 72.1.